The second-order valence-corrected chi connectivity index (χ2v) is 18.5. The molecule has 15 nitrogen and oxygen atoms in total. The summed E-state index contributed by atoms with van der Waals surface area (Å²) in [4.78, 5) is 51.6. The molecule has 3 N–H and O–H groups in total. The molecule has 7 heterocycles. The monoisotopic (exact) mass is 868 g/mol. The topological polar surface area (TPSA) is 178 Å². The Labute approximate surface area is 372 Å². The molecule has 64 heavy (non-hydrogen) atoms. The Kier molecular flexibility index (Phi) is 12.2. The van der Waals surface area contributed by atoms with Crippen molar-refractivity contribution in [1.82, 2.24) is 44.9 Å². The maximum atomic E-state index is 15.4. The van der Waals surface area contributed by atoms with Crippen molar-refractivity contribution in [3.63, 3.8) is 0 Å². The Hall–Kier alpha value is -6.21. The molecule has 4 aliphatic rings. The summed E-state index contributed by atoms with van der Waals surface area (Å²) in [5.74, 6) is 0.229. The van der Waals surface area contributed by atoms with E-state index in [1.807, 2.05) is 56.7 Å². The second-order valence-electron chi connectivity index (χ2n) is 18.5. The van der Waals surface area contributed by atoms with Gasteiger partial charge in [0.25, 0.3) is 0 Å². The summed E-state index contributed by atoms with van der Waals surface area (Å²) in [6, 6.07) is 11.7. The minimum atomic E-state index is -0.547. The number of rotatable bonds is 11. The molecule has 3 aliphatic heterocycles. The average Bonchev–Trinajstić information content (AvgIpc) is 3.98. The molecule has 334 valence electrons. The highest BCUT2D eigenvalue weighted by molar-refractivity contribution is 6.01. The van der Waals surface area contributed by atoms with Crippen molar-refractivity contribution in [1.29, 1.82) is 5.26 Å². The number of likely N-dealkylation sites (tertiary alicyclic amines) is 1. The van der Waals surface area contributed by atoms with Crippen molar-refractivity contribution in [2.24, 2.45) is 5.41 Å². The molecule has 16 heteroatoms. The zero-order valence-corrected chi connectivity index (χ0v) is 36.9. The Morgan fingerprint density at radius 3 is 2.38 bits per heavy atom. The molecular formula is C48H57FN12O3. The highest BCUT2D eigenvalue weighted by atomic mass is 19.1. The molecule has 4 aromatic heterocycles. The molecule has 9 rings (SSSR count). The maximum absolute atomic E-state index is 15.4. The molecule has 1 atom stereocenters. The molecule has 1 saturated carbocycles. The first kappa shape index (κ1) is 43.1. The lowest BCUT2D eigenvalue weighted by Crippen LogP contribution is -2.50. The summed E-state index contributed by atoms with van der Waals surface area (Å²) in [5.41, 5.74) is 4.94. The molecule has 5 aromatic rings. The number of carbonyl (C=O) groups excluding carboxylic acids is 3. The maximum Gasteiger partial charge on any atom is 0.249 e. The van der Waals surface area contributed by atoms with Crippen molar-refractivity contribution in [2.45, 2.75) is 121 Å². The van der Waals surface area contributed by atoms with Gasteiger partial charge in [-0.25, -0.2) is 18.9 Å². The lowest BCUT2D eigenvalue weighted by atomic mass is 9.75. The van der Waals surface area contributed by atoms with Crippen LogP contribution in [0.25, 0.3) is 28.0 Å². The molecule has 3 saturated heterocycles. The Balaban J connectivity index is 0.816. The number of piperidine rings is 3. The minimum Gasteiger partial charge on any atom is -0.374 e. The van der Waals surface area contributed by atoms with Gasteiger partial charge in [-0.2, -0.15) is 15.5 Å². The van der Waals surface area contributed by atoms with Crippen LogP contribution in [-0.2, 0) is 14.4 Å². The van der Waals surface area contributed by atoms with Gasteiger partial charge in [0.2, 0.25) is 17.7 Å². The van der Waals surface area contributed by atoms with E-state index in [0.717, 1.165) is 106 Å². The van der Waals surface area contributed by atoms with Gasteiger partial charge >= 0.3 is 0 Å². The fourth-order valence-electron chi connectivity index (χ4n) is 10.4. The standard InChI is InChI=1S/C48H57FN12O3/c1-4-48(47(64)54-30(2)3)17-21-59(22-18-48)42-13-5-32(25-51-42)44-45-33(24-50)26-53-61(45)29-41(56-44)34-27-52-60(28-34)37-9-7-36(8-10-37)58-19-15-31(16-20-58)38-11-6-35(23-39(38)49)55-40-12-14-43(62)57-46(40)63/h5-6,11,13,23,25-31,36-37,40,55H,4,7-10,12,14-22H2,1-3H3,(H,54,64)(H,57,62,63)/t36-,37-,40-/m1/s1. The van der Waals surface area contributed by atoms with Crippen molar-refractivity contribution >= 4 is 34.7 Å². The SMILES string of the molecule is CCC1(C(=O)NC(C)C)CCN(c2ccc(-c3nc(-c4cnn([C@H]5CC[C@H](N6CCC(c7ccc(N[C@@H]8CCC(=O)NC8=O)cc7F)CC6)CC5)c4)cn4ncc(C#N)c34)cn2)CC1. The summed E-state index contributed by atoms with van der Waals surface area (Å²) >= 11 is 0. The first-order valence-corrected chi connectivity index (χ1v) is 23.0. The van der Waals surface area contributed by atoms with Gasteiger partial charge in [-0.1, -0.05) is 13.0 Å². The van der Waals surface area contributed by atoms with Crippen LogP contribution in [0.15, 0.2) is 61.3 Å². The number of nitrogens with zero attached hydrogens (tertiary/aromatic N) is 9. The van der Waals surface area contributed by atoms with Crippen molar-refractivity contribution in [3.05, 3.63) is 78.3 Å². The summed E-state index contributed by atoms with van der Waals surface area (Å²) in [6.45, 7) is 9.43. The van der Waals surface area contributed by atoms with Crippen LogP contribution in [0.2, 0.25) is 0 Å². The molecule has 0 bridgehead atoms. The summed E-state index contributed by atoms with van der Waals surface area (Å²) < 4.78 is 19.2. The van der Waals surface area contributed by atoms with Crippen LogP contribution >= 0.6 is 0 Å². The lowest BCUT2D eigenvalue weighted by Gasteiger charge is -2.41. The molecule has 0 spiro atoms. The fourth-order valence-corrected chi connectivity index (χ4v) is 10.4. The van der Waals surface area contributed by atoms with Crippen LogP contribution in [0.3, 0.4) is 0 Å². The Bertz CT molecular complexity index is 2560. The van der Waals surface area contributed by atoms with E-state index in [2.05, 4.69) is 54.7 Å². The van der Waals surface area contributed by atoms with Crippen LogP contribution in [-0.4, -0.2) is 96.3 Å². The highest BCUT2D eigenvalue weighted by Gasteiger charge is 2.40. The number of imide groups is 1. The second kappa shape index (κ2) is 18.1. The van der Waals surface area contributed by atoms with E-state index >= 15 is 4.39 Å². The number of hydrogen-bond donors (Lipinski definition) is 3. The van der Waals surface area contributed by atoms with Crippen molar-refractivity contribution in [2.75, 3.05) is 36.4 Å². The van der Waals surface area contributed by atoms with E-state index in [4.69, 9.17) is 15.1 Å². The zero-order chi connectivity index (χ0) is 44.5. The molecule has 1 aliphatic carbocycles. The number of fused-ring (bicyclic) bond motifs is 1. The van der Waals surface area contributed by atoms with Gasteiger partial charge in [0, 0.05) is 60.8 Å². The van der Waals surface area contributed by atoms with Gasteiger partial charge in [0.15, 0.2) is 0 Å². The molecule has 0 unspecified atom stereocenters. The molecule has 0 radical (unpaired) electrons. The number of anilines is 2. The number of carbonyl (C=O) groups is 3. The largest absolute Gasteiger partial charge is 0.374 e. The number of aromatic nitrogens is 6. The first-order valence-electron chi connectivity index (χ1n) is 23.0. The van der Waals surface area contributed by atoms with Crippen molar-refractivity contribution in [3.8, 4) is 28.6 Å². The predicted octanol–water partition coefficient (Wildman–Crippen LogP) is 6.77. The first-order chi connectivity index (χ1) is 31.0. The fraction of sp³-hybridized carbons (Fsp3) is 0.500. The van der Waals surface area contributed by atoms with Crippen LogP contribution in [0, 0.1) is 22.6 Å². The van der Waals surface area contributed by atoms with Crippen molar-refractivity contribution < 1.29 is 18.8 Å². The van der Waals surface area contributed by atoms with E-state index in [0.29, 0.717) is 40.6 Å². The molecule has 3 amide bonds. The molecular weight excluding hydrogens is 812 g/mol. The van der Waals surface area contributed by atoms with Gasteiger partial charge in [0.1, 0.15) is 34.8 Å². The van der Waals surface area contributed by atoms with Gasteiger partial charge in [-0.15, -0.1) is 0 Å². The number of nitrogens with one attached hydrogen (secondary N) is 3. The smallest absolute Gasteiger partial charge is 0.249 e. The quantitative estimate of drug-likeness (QED) is 0.119. The van der Waals surface area contributed by atoms with Crippen LogP contribution in [0.4, 0.5) is 15.9 Å². The van der Waals surface area contributed by atoms with E-state index in [1.54, 1.807) is 10.7 Å². The van der Waals surface area contributed by atoms with Gasteiger partial charge in [0.05, 0.1) is 41.4 Å². The third-order valence-electron chi connectivity index (χ3n) is 14.3. The van der Waals surface area contributed by atoms with E-state index in [1.165, 1.54) is 6.07 Å². The number of amides is 3. The summed E-state index contributed by atoms with van der Waals surface area (Å²) in [6.07, 6.45) is 18.1. The third kappa shape index (κ3) is 8.69. The van der Waals surface area contributed by atoms with E-state index in [9.17, 15) is 19.6 Å². The number of halogens is 1. The third-order valence-corrected chi connectivity index (χ3v) is 14.3. The van der Waals surface area contributed by atoms with Gasteiger partial charge in [-0.3, -0.25) is 24.4 Å². The highest BCUT2D eigenvalue weighted by Crippen LogP contribution is 2.39. The molecule has 1 aromatic carbocycles. The Morgan fingerprint density at radius 2 is 1.70 bits per heavy atom. The van der Waals surface area contributed by atoms with Gasteiger partial charge in [-0.05, 0) is 127 Å². The van der Waals surface area contributed by atoms with E-state index < -0.39 is 6.04 Å². The summed E-state index contributed by atoms with van der Waals surface area (Å²) in [7, 11) is 0. The lowest BCUT2D eigenvalue weighted by molar-refractivity contribution is -0.134. The minimum absolute atomic E-state index is 0.108. The number of benzene rings is 1. The predicted molar refractivity (Wildman–Crippen MR) is 241 cm³/mol. The normalized spacial score (nSPS) is 22.1. The van der Waals surface area contributed by atoms with Crippen LogP contribution in [0.1, 0.15) is 114 Å². The van der Waals surface area contributed by atoms with Crippen LogP contribution < -0.4 is 20.9 Å². The average molecular weight is 869 g/mol. The number of nitriles is 1. The molecule has 4 fully saturated rings. The number of pyridine rings is 1. The summed E-state index contributed by atoms with van der Waals surface area (Å²) in [5, 5.41) is 27.9. The Morgan fingerprint density at radius 1 is 0.938 bits per heavy atom. The zero-order valence-electron chi connectivity index (χ0n) is 36.9. The number of hydrogen-bond acceptors (Lipinski definition) is 11. The van der Waals surface area contributed by atoms with E-state index in [-0.39, 0.29) is 53.4 Å². The van der Waals surface area contributed by atoms with Gasteiger partial charge < -0.3 is 20.4 Å². The van der Waals surface area contributed by atoms with Crippen LogP contribution in [0.5, 0.6) is 0 Å².